The maximum Gasteiger partial charge on any atom is 0.271 e. The number of nitrogens with one attached hydrogen (secondary N) is 2. The van der Waals surface area contributed by atoms with Gasteiger partial charge in [-0.15, -0.1) is 0 Å². The van der Waals surface area contributed by atoms with Crippen molar-refractivity contribution in [3.63, 3.8) is 0 Å². The second-order valence-electron chi connectivity index (χ2n) is 5.71. The molecule has 2 rings (SSSR count). The summed E-state index contributed by atoms with van der Waals surface area (Å²) in [6, 6.07) is 7.42. The van der Waals surface area contributed by atoms with Crippen molar-refractivity contribution < 1.29 is 27.8 Å². The number of carbonyl (C=O) groups is 2. The third kappa shape index (κ3) is 5.50. The molecule has 2 N–H and O–H groups in total. The molecule has 0 unspecified atom stereocenters. The van der Waals surface area contributed by atoms with E-state index in [9.17, 15) is 18.4 Å². The van der Waals surface area contributed by atoms with Gasteiger partial charge in [-0.3, -0.25) is 9.59 Å². The number of methoxy groups -OCH3 is 2. The van der Waals surface area contributed by atoms with Gasteiger partial charge < -0.3 is 14.8 Å². The third-order valence-electron chi connectivity index (χ3n) is 3.62. The molecule has 0 aliphatic heterocycles. The van der Waals surface area contributed by atoms with Crippen molar-refractivity contribution in [1.29, 1.82) is 0 Å². The highest BCUT2D eigenvalue weighted by Crippen LogP contribution is 2.27. The summed E-state index contributed by atoms with van der Waals surface area (Å²) in [4.78, 5) is 24.1. The Bertz CT molecular complexity index is 916. The van der Waals surface area contributed by atoms with Crippen LogP contribution in [0.15, 0.2) is 41.5 Å². The van der Waals surface area contributed by atoms with Crippen molar-refractivity contribution >= 4 is 23.2 Å². The molecular weight excluding hydrogens is 372 g/mol. The van der Waals surface area contributed by atoms with Crippen LogP contribution in [-0.4, -0.2) is 31.7 Å². The fourth-order valence-electron chi connectivity index (χ4n) is 2.25. The Labute approximate surface area is 160 Å². The Morgan fingerprint density at radius 2 is 1.75 bits per heavy atom. The minimum atomic E-state index is -0.885. The van der Waals surface area contributed by atoms with Gasteiger partial charge >= 0.3 is 0 Å². The lowest BCUT2D eigenvalue weighted by molar-refractivity contribution is -0.115. The van der Waals surface area contributed by atoms with Crippen molar-refractivity contribution in [2.45, 2.75) is 13.3 Å². The van der Waals surface area contributed by atoms with Crippen LogP contribution < -0.4 is 20.2 Å². The summed E-state index contributed by atoms with van der Waals surface area (Å²) >= 11 is 0. The van der Waals surface area contributed by atoms with Gasteiger partial charge in [0.05, 0.1) is 26.3 Å². The molecule has 9 heteroatoms. The van der Waals surface area contributed by atoms with E-state index in [1.54, 1.807) is 6.07 Å². The number of hydrazone groups is 1. The molecule has 2 aromatic rings. The maximum absolute atomic E-state index is 13.5. The van der Waals surface area contributed by atoms with E-state index in [2.05, 4.69) is 15.8 Å². The first-order valence-corrected chi connectivity index (χ1v) is 8.14. The van der Waals surface area contributed by atoms with Crippen molar-refractivity contribution in [2.75, 3.05) is 19.5 Å². The van der Waals surface area contributed by atoms with Crippen molar-refractivity contribution in [2.24, 2.45) is 5.10 Å². The number of amides is 2. The van der Waals surface area contributed by atoms with E-state index in [-0.39, 0.29) is 23.4 Å². The zero-order chi connectivity index (χ0) is 20.7. The van der Waals surface area contributed by atoms with Gasteiger partial charge in [0, 0.05) is 17.3 Å². The number of anilines is 1. The van der Waals surface area contributed by atoms with Gasteiger partial charge in [-0.2, -0.15) is 5.10 Å². The molecule has 7 nitrogen and oxygen atoms in total. The van der Waals surface area contributed by atoms with E-state index in [4.69, 9.17) is 9.47 Å². The van der Waals surface area contributed by atoms with E-state index < -0.39 is 23.4 Å². The normalized spacial score (nSPS) is 11.0. The quantitative estimate of drug-likeness (QED) is 0.561. The van der Waals surface area contributed by atoms with Gasteiger partial charge in [0.1, 0.15) is 11.6 Å². The Morgan fingerprint density at radius 3 is 2.39 bits per heavy atom. The van der Waals surface area contributed by atoms with Crippen LogP contribution in [0, 0.1) is 11.6 Å². The number of carbonyl (C=O) groups excluding carboxylic acids is 2. The lowest BCUT2D eigenvalue weighted by Gasteiger charge is -2.09. The second kappa shape index (κ2) is 9.45. The number of nitrogens with zero attached hydrogens (tertiary/aromatic N) is 1. The Morgan fingerprint density at radius 1 is 1.04 bits per heavy atom. The monoisotopic (exact) mass is 391 g/mol. The third-order valence-corrected chi connectivity index (χ3v) is 3.62. The fraction of sp³-hybridized carbons (Fsp3) is 0.211. The average molecular weight is 391 g/mol. The Kier molecular flexibility index (Phi) is 7.02. The molecule has 148 valence electrons. The molecular formula is C19H19F2N3O4. The fourth-order valence-corrected chi connectivity index (χ4v) is 2.25. The lowest BCUT2D eigenvalue weighted by atomic mass is 10.2. The molecule has 0 spiro atoms. The lowest BCUT2D eigenvalue weighted by Crippen LogP contribution is -2.21. The minimum Gasteiger partial charge on any atom is -0.493 e. The second-order valence-corrected chi connectivity index (χ2v) is 5.71. The molecule has 0 fully saturated rings. The van der Waals surface area contributed by atoms with Gasteiger partial charge in [-0.25, -0.2) is 14.2 Å². The molecule has 0 bridgehead atoms. The molecule has 0 saturated heterocycles. The number of benzene rings is 2. The summed E-state index contributed by atoms with van der Waals surface area (Å²) in [7, 11) is 2.93. The van der Waals surface area contributed by atoms with Crippen LogP contribution in [0.3, 0.4) is 0 Å². The van der Waals surface area contributed by atoms with Crippen molar-refractivity contribution in [1.82, 2.24) is 5.43 Å². The van der Waals surface area contributed by atoms with Crippen LogP contribution in [0.4, 0.5) is 14.5 Å². The Balaban J connectivity index is 1.96. The predicted octanol–water partition coefficient (Wildman–Crippen LogP) is 3.12. The van der Waals surface area contributed by atoms with E-state index in [0.717, 1.165) is 12.1 Å². The predicted molar refractivity (Wildman–Crippen MR) is 99.7 cm³/mol. The molecule has 0 radical (unpaired) electrons. The molecule has 0 heterocycles. The van der Waals surface area contributed by atoms with Gasteiger partial charge in [0.2, 0.25) is 5.91 Å². The van der Waals surface area contributed by atoms with Gasteiger partial charge in [-0.1, -0.05) is 0 Å². The first kappa shape index (κ1) is 20.8. The smallest absolute Gasteiger partial charge is 0.271 e. The summed E-state index contributed by atoms with van der Waals surface area (Å²) in [6.45, 7) is 1.52. The minimum absolute atomic E-state index is 0.145. The molecule has 0 aliphatic carbocycles. The molecule has 0 saturated carbocycles. The molecule has 2 aromatic carbocycles. The molecule has 2 amide bonds. The number of halogens is 2. The highest BCUT2D eigenvalue weighted by atomic mass is 19.1. The number of hydrogen-bond donors (Lipinski definition) is 2. The topological polar surface area (TPSA) is 89.0 Å². The van der Waals surface area contributed by atoms with E-state index in [0.29, 0.717) is 17.6 Å². The molecule has 0 aliphatic rings. The van der Waals surface area contributed by atoms with Crippen molar-refractivity contribution in [3.8, 4) is 11.5 Å². The summed E-state index contributed by atoms with van der Waals surface area (Å²) in [5, 5.41) is 6.16. The van der Waals surface area contributed by atoms with Crippen LogP contribution in [0.2, 0.25) is 0 Å². The summed E-state index contributed by atoms with van der Waals surface area (Å²) in [6.07, 6.45) is -0.191. The highest BCUT2D eigenvalue weighted by molar-refractivity contribution is 6.06. The van der Waals surface area contributed by atoms with Crippen LogP contribution in [0.25, 0.3) is 0 Å². The van der Waals surface area contributed by atoms with E-state index in [1.165, 1.54) is 33.3 Å². The van der Waals surface area contributed by atoms with E-state index >= 15 is 0 Å². The van der Waals surface area contributed by atoms with Crippen LogP contribution in [0.1, 0.15) is 23.7 Å². The highest BCUT2D eigenvalue weighted by Gasteiger charge is 2.12. The largest absolute Gasteiger partial charge is 0.493 e. The molecule has 0 aromatic heterocycles. The van der Waals surface area contributed by atoms with Gasteiger partial charge in [-0.05, 0) is 37.3 Å². The zero-order valence-corrected chi connectivity index (χ0v) is 15.5. The summed E-state index contributed by atoms with van der Waals surface area (Å²) < 4.78 is 36.7. The van der Waals surface area contributed by atoms with Crippen molar-refractivity contribution in [3.05, 3.63) is 53.6 Å². The first-order chi connectivity index (χ1) is 13.3. The van der Waals surface area contributed by atoms with Crippen LogP contribution in [-0.2, 0) is 4.79 Å². The summed E-state index contributed by atoms with van der Waals surface area (Å²) in [5.41, 5.74) is 2.75. The number of ether oxygens (including phenoxy) is 2. The molecule has 0 atom stereocenters. The average Bonchev–Trinajstić information content (AvgIpc) is 2.67. The summed E-state index contributed by atoms with van der Waals surface area (Å²) in [5.74, 6) is -1.84. The molecule has 28 heavy (non-hydrogen) atoms. The maximum atomic E-state index is 13.5. The standard InChI is InChI=1S/C19H19F2N3O4/c1-11(8-18(25)22-15-6-5-13(20)10-14(15)21)23-24-19(26)12-4-7-16(27-2)17(9-12)28-3/h4-7,9-10H,8H2,1-3H3,(H,22,25)(H,24,26)/b23-11-. The van der Waals surface area contributed by atoms with Gasteiger partial charge in [0.15, 0.2) is 11.5 Å². The first-order valence-electron chi connectivity index (χ1n) is 8.14. The SMILES string of the molecule is COc1ccc(C(=O)N/N=C(/C)CC(=O)Nc2ccc(F)cc2F)cc1OC. The van der Waals surface area contributed by atoms with E-state index in [1.807, 2.05) is 0 Å². The van der Waals surface area contributed by atoms with Crippen LogP contribution >= 0.6 is 0 Å². The number of rotatable bonds is 7. The zero-order valence-electron chi connectivity index (χ0n) is 15.5. The van der Waals surface area contributed by atoms with Gasteiger partial charge in [0.25, 0.3) is 5.91 Å². The Hall–Kier alpha value is -3.49. The van der Waals surface area contributed by atoms with Crippen LogP contribution in [0.5, 0.6) is 11.5 Å². The number of hydrogen-bond acceptors (Lipinski definition) is 5.